The van der Waals surface area contributed by atoms with Crippen molar-refractivity contribution in [3.8, 4) is 0 Å². The van der Waals surface area contributed by atoms with Crippen LogP contribution >= 0.6 is 0 Å². The molecule has 0 amide bonds. The van der Waals surface area contributed by atoms with Gasteiger partial charge in [-0.2, -0.15) is 0 Å². The monoisotopic (exact) mass is 360 g/mol. The van der Waals surface area contributed by atoms with E-state index in [9.17, 15) is 14.0 Å². The summed E-state index contributed by atoms with van der Waals surface area (Å²) < 4.78 is 18.0. The molecular formula is C18H21FN4O3. The molecule has 0 saturated carbocycles. The zero-order chi connectivity index (χ0) is 18.5. The van der Waals surface area contributed by atoms with Crippen molar-refractivity contribution in [3.05, 3.63) is 52.2 Å². The highest BCUT2D eigenvalue weighted by atomic mass is 19.1. The first kappa shape index (κ1) is 17.9. The molecule has 2 aromatic rings. The number of esters is 1. The molecule has 1 aromatic heterocycles. The van der Waals surface area contributed by atoms with Gasteiger partial charge in [0, 0.05) is 37.9 Å². The van der Waals surface area contributed by atoms with Gasteiger partial charge < -0.3 is 14.5 Å². The molecule has 3 rings (SSSR count). The maximum atomic E-state index is 13.1. The Hall–Kier alpha value is -2.90. The summed E-state index contributed by atoms with van der Waals surface area (Å²) in [7, 11) is 0. The predicted octanol–water partition coefficient (Wildman–Crippen LogP) is 1.34. The highest BCUT2D eigenvalue weighted by Gasteiger charge is 2.20. The molecule has 26 heavy (non-hydrogen) atoms. The fraction of sp³-hybridized carbons (Fsp3) is 0.389. The van der Waals surface area contributed by atoms with Crippen molar-refractivity contribution in [2.24, 2.45) is 0 Å². The van der Waals surface area contributed by atoms with E-state index in [0.717, 1.165) is 18.8 Å². The van der Waals surface area contributed by atoms with Crippen LogP contribution in [0.3, 0.4) is 0 Å². The van der Waals surface area contributed by atoms with Crippen LogP contribution < -0.4 is 15.4 Å². The number of aromatic nitrogens is 2. The number of H-pyrrole nitrogens is 1. The lowest BCUT2D eigenvalue weighted by Gasteiger charge is -2.36. The number of ether oxygens (including phenoxy) is 1. The minimum atomic E-state index is -0.405. The van der Waals surface area contributed by atoms with Gasteiger partial charge in [-0.15, -0.1) is 0 Å². The molecule has 8 heteroatoms. The minimum absolute atomic E-state index is 0.0275. The van der Waals surface area contributed by atoms with Gasteiger partial charge in [0.2, 0.25) is 5.95 Å². The summed E-state index contributed by atoms with van der Waals surface area (Å²) in [5.74, 6) is -0.208. The molecule has 0 unspecified atom stereocenters. The summed E-state index contributed by atoms with van der Waals surface area (Å²) in [6.45, 7) is 4.77. The van der Waals surface area contributed by atoms with Gasteiger partial charge in [-0.05, 0) is 31.2 Å². The third-order valence-electron chi connectivity index (χ3n) is 4.18. The van der Waals surface area contributed by atoms with E-state index in [2.05, 4.69) is 14.9 Å². The molecule has 0 bridgehead atoms. The lowest BCUT2D eigenvalue weighted by atomic mass is 10.2. The van der Waals surface area contributed by atoms with Crippen LogP contribution in [0.25, 0.3) is 0 Å². The first-order valence-electron chi connectivity index (χ1n) is 8.56. The van der Waals surface area contributed by atoms with Gasteiger partial charge in [0.1, 0.15) is 5.82 Å². The number of rotatable bonds is 5. The number of carbonyl (C=O) groups is 1. The molecular weight excluding hydrogens is 339 g/mol. The largest absolute Gasteiger partial charge is 0.466 e. The normalized spacial score (nSPS) is 14.4. The molecule has 1 aliphatic rings. The fourth-order valence-corrected chi connectivity index (χ4v) is 2.92. The van der Waals surface area contributed by atoms with Gasteiger partial charge in [0.15, 0.2) is 0 Å². The number of aromatic amines is 1. The van der Waals surface area contributed by atoms with Gasteiger partial charge in [-0.25, -0.2) is 9.37 Å². The molecule has 1 N–H and O–H groups in total. The molecule has 138 valence electrons. The Kier molecular flexibility index (Phi) is 5.50. The number of carbonyl (C=O) groups excluding carboxylic acids is 1. The Morgan fingerprint density at radius 1 is 1.19 bits per heavy atom. The first-order chi connectivity index (χ1) is 12.5. The van der Waals surface area contributed by atoms with Gasteiger partial charge >= 0.3 is 5.97 Å². The maximum Gasteiger partial charge on any atom is 0.311 e. The molecule has 0 atom stereocenters. The third-order valence-corrected chi connectivity index (χ3v) is 4.18. The number of nitrogens with zero attached hydrogens (tertiary/aromatic N) is 3. The molecule has 0 radical (unpaired) electrons. The molecule has 1 fully saturated rings. The van der Waals surface area contributed by atoms with E-state index in [1.165, 1.54) is 18.2 Å². The highest BCUT2D eigenvalue weighted by molar-refractivity contribution is 5.72. The van der Waals surface area contributed by atoms with Gasteiger partial charge in [-0.1, -0.05) is 0 Å². The molecule has 2 heterocycles. The molecule has 0 spiro atoms. The molecule has 1 saturated heterocycles. The second-order valence-corrected chi connectivity index (χ2v) is 5.99. The van der Waals surface area contributed by atoms with Gasteiger partial charge in [0.05, 0.1) is 18.7 Å². The van der Waals surface area contributed by atoms with E-state index in [0.29, 0.717) is 31.3 Å². The van der Waals surface area contributed by atoms with Crippen LogP contribution in [-0.4, -0.2) is 48.7 Å². The summed E-state index contributed by atoms with van der Waals surface area (Å²) in [6, 6.07) is 7.71. The number of piperazine rings is 1. The standard InChI is InChI=1S/C18H21FN4O3/c1-2-26-17(25)12-14-11-16(24)21-18(20-14)23-9-7-22(8-10-23)15-5-3-13(19)4-6-15/h3-6,11H,2,7-10,12H2,1H3,(H,20,21,24). The average Bonchev–Trinajstić information content (AvgIpc) is 2.62. The number of anilines is 2. The summed E-state index contributed by atoms with van der Waals surface area (Å²) in [6.07, 6.45) is -0.0275. The smallest absolute Gasteiger partial charge is 0.311 e. The van der Waals surface area contributed by atoms with Crippen molar-refractivity contribution in [2.45, 2.75) is 13.3 Å². The van der Waals surface area contributed by atoms with Crippen molar-refractivity contribution >= 4 is 17.6 Å². The quantitative estimate of drug-likeness (QED) is 0.811. The number of halogens is 1. The Morgan fingerprint density at radius 3 is 2.50 bits per heavy atom. The average molecular weight is 360 g/mol. The van der Waals surface area contributed by atoms with Crippen molar-refractivity contribution in [2.75, 3.05) is 42.6 Å². The minimum Gasteiger partial charge on any atom is -0.466 e. The first-order valence-corrected chi connectivity index (χ1v) is 8.56. The maximum absolute atomic E-state index is 13.1. The topological polar surface area (TPSA) is 78.5 Å². The zero-order valence-corrected chi connectivity index (χ0v) is 14.6. The van der Waals surface area contributed by atoms with Crippen LogP contribution in [0.15, 0.2) is 35.1 Å². The summed E-state index contributed by atoms with van der Waals surface area (Å²) in [5.41, 5.74) is 1.06. The lowest BCUT2D eigenvalue weighted by Crippen LogP contribution is -2.47. The Morgan fingerprint density at radius 2 is 1.85 bits per heavy atom. The second kappa shape index (κ2) is 7.99. The second-order valence-electron chi connectivity index (χ2n) is 5.99. The molecule has 1 aliphatic heterocycles. The Balaban J connectivity index is 1.67. The van der Waals surface area contributed by atoms with E-state index in [4.69, 9.17) is 4.74 Å². The predicted molar refractivity (Wildman–Crippen MR) is 96.0 cm³/mol. The lowest BCUT2D eigenvalue weighted by molar-refractivity contribution is -0.142. The molecule has 7 nitrogen and oxygen atoms in total. The van der Waals surface area contributed by atoms with Crippen LogP contribution in [0, 0.1) is 5.82 Å². The Bertz CT molecular complexity index is 814. The number of hydrogen-bond acceptors (Lipinski definition) is 6. The van der Waals surface area contributed by atoms with Crippen molar-refractivity contribution in [1.82, 2.24) is 9.97 Å². The van der Waals surface area contributed by atoms with E-state index in [1.807, 2.05) is 4.90 Å². The van der Waals surface area contributed by atoms with E-state index in [-0.39, 0.29) is 17.8 Å². The number of hydrogen-bond donors (Lipinski definition) is 1. The van der Waals surface area contributed by atoms with Crippen LogP contribution in [0.1, 0.15) is 12.6 Å². The van der Waals surface area contributed by atoms with Crippen LogP contribution in [0.4, 0.5) is 16.0 Å². The SMILES string of the molecule is CCOC(=O)Cc1cc(=O)[nH]c(N2CCN(c3ccc(F)cc3)CC2)n1. The zero-order valence-electron chi connectivity index (χ0n) is 14.6. The van der Waals surface area contributed by atoms with Gasteiger partial charge in [0.25, 0.3) is 5.56 Å². The van der Waals surface area contributed by atoms with E-state index < -0.39 is 5.97 Å². The van der Waals surface area contributed by atoms with Crippen LogP contribution in [0.2, 0.25) is 0 Å². The summed E-state index contributed by atoms with van der Waals surface area (Å²) in [5, 5.41) is 0. The van der Waals surface area contributed by atoms with Crippen molar-refractivity contribution in [3.63, 3.8) is 0 Å². The van der Waals surface area contributed by atoms with Gasteiger partial charge in [-0.3, -0.25) is 14.6 Å². The number of nitrogens with one attached hydrogen (secondary N) is 1. The fourth-order valence-electron chi connectivity index (χ4n) is 2.92. The molecule has 0 aliphatic carbocycles. The van der Waals surface area contributed by atoms with E-state index in [1.54, 1.807) is 19.1 Å². The van der Waals surface area contributed by atoms with Crippen LogP contribution in [0.5, 0.6) is 0 Å². The van der Waals surface area contributed by atoms with Crippen molar-refractivity contribution < 1.29 is 13.9 Å². The van der Waals surface area contributed by atoms with Crippen molar-refractivity contribution in [1.29, 1.82) is 0 Å². The van der Waals surface area contributed by atoms with Crippen LogP contribution in [-0.2, 0) is 16.0 Å². The Labute approximate surface area is 150 Å². The number of benzene rings is 1. The summed E-state index contributed by atoms with van der Waals surface area (Å²) >= 11 is 0. The van der Waals surface area contributed by atoms with E-state index >= 15 is 0 Å². The highest BCUT2D eigenvalue weighted by Crippen LogP contribution is 2.18. The molecule has 1 aromatic carbocycles. The summed E-state index contributed by atoms with van der Waals surface area (Å²) in [4.78, 5) is 34.7. The third kappa shape index (κ3) is 4.38.